The van der Waals surface area contributed by atoms with Crippen molar-refractivity contribution in [3.8, 4) is 0 Å². The lowest BCUT2D eigenvalue weighted by molar-refractivity contribution is -0.136. The minimum atomic E-state index is -0.504. The van der Waals surface area contributed by atoms with Crippen LogP contribution in [0, 0.1) is 0 Å². The molecule has 2 amide bonds. The Balaban J connectivity index is 2.00. The highest BCUT2D eigenvalue weighted by Gasteiger charge is 2.36. The number of urea groups is 1. The molecule has 3 heterocycles. The van der Waals surface area contributed by atoms with Crippen molar-refractivity contribution in [2.45, 2.75) is 19.5 Å². The van der Waals surface area contributed by atoms with Crippen LogP contribution in [0.4, 0.5) is 4.79 Å². The molecule has 7 heteroatoms. The Morgan fingerprint density at radius 3 is 2.88 bits per heavy atom. The number of amides is 2. The molecule has 1 aliphatic rings. The number of methoxy groups -OCH3 is 1. The molecule has 24 heavy (non-hydrogen) atoms. The Morgan fingerprint density at radius 1 is 1.42 bits per heavy atom. The first kappa shape index (κ1) is 16.2. The van der Waals surface area contributed by atoms with E-state index in [0.717, 1.165) is 11.3 Å². The third kappa shape index (κ3) is 3.03. The Morgan fingerprint density at radius 2 is 2.25 bits per heavy atom. The lowest BCUT2D eigenvalue weighted by atomic mass is 9.97. The number of hydrogen-bond donors (Lipinski definition) is 1. The van der Waals surface area contributed by atoms with Gasteiger partial charge in [0.1, 0.15) is 0 Å². The van der Waals surface area contributed by atoms with E-state index in [-0.39, 0.29) is 12.6 Å². The van der Waals surface area contributed by atoms with Crippen LogP contribution in [-0.4, -0.2) is 29.0 Å². The Hall–Kier alpha value is -2.67. The Labute approximate surface area is 143 Å². The number of rotatable bonds is 4. The van der Waals surface area contributed by atoms with Gasteiger partial charge in [0, 0.05) is 11.9 Å². The molecule has 0 bridgehead atoms. The molecular weight excluding hydrogens is 326 g/mol. The predicted molar refractivity (Wildman–Crippen MR) is 90.1 cm³/mol. The Kier molecular flexibility index (Phi) is 4.61. The van der Waals surface area contributed by atoms with Crippen molar-refractivity contribution in [3.05, 3.63) is 63.7 Å². The van der Waals surface area contributed by atoms with E-state index in [1.54, 1.807) is 13.1 Å². The Bertz CT molecular complexity index is 772. The highest BCUT2D eigenvalue weighted by molar-refractivity contribution is 7.08. The fraction of sp³-hybridized carbons (Fsp3) is 0.235. The number of hydrogen-bond acceptors (Lipinski definition) is 5. The van der Waals surface area contributed by atoms with Gasteiger partial charge in [0.05, 0.1) is 31.0 Å². The zero-order valence-corrected chi connectivity index (χ0v) is 14.2. The number of pyridine rings is 1. The van der Waals surface area contributed by atoms with Crippen LogP contribution in [0.5, 0.6) is 0 Å². The summed E-state index contributed by atoms with van der Waals surface area (Å²) in [4.78, 5) is 30.6. The molecule has 2 aromatic heterocycles. The molecule has 1 aliphatic heterocycles. The molecule has 0 aromatic carbocycles. The van der Waals surface area contributed by atoms with Crippen LogP contribution < -0.4 is 5.32 Å². The average Bonchev–Trinajstić information content (AvgIpc) is 3.13. The van der Waals surface area contributed by atoms with Crippen LogP contribution in [0.2, 0.25) is 0 Å². The monoisotopic (exact) mass is 343 g/mol. The summed E-state index contributed by atoms with van der Waals surface area (Å²) in [6.07, 6.45) is 1.67. The van der Waals surface area contributed by atoms with E-state index in [2.05, 4.69) is 10.3 Å². The lowest BCUT2D eigenvalue weighted by Crippen LogP contribution is -2.47. The predicted octanol–water partition coefficient (Wildman–Crippen LogP) is 2.86. The maximum atomic E-state index is 12.6. The van der Waals surface area contributed by atoms with Gasteiger partial charge in [-0.3, -0.25) is 9.88 Å². The molecule has 0 saturated heterocycles. The third-order valence-electron chi connectivity index (χ3n) is 3.92. The molecule has 0 radical (unpaired) electrons. The molecule has 1 atom stereocenters. The van der Waals surface area contributed by atoms with Gasteiger partial charge in [0.2, 0.25) is 0 Å². The third-order valence-corrected chi connectivity index (χ3v) is 4.63. The van der Waals surface area contributed by atoms with Gasteiger partial charge in [-0.2, -0.15) is 11.3 Å². The van der Waals surface area contributed by atoms with Gasteiger partial charge < -0.3 is 10.1 Å². The zero-order valence-electron chi connectivity index (χ0n) is 13.4. The SMILES string of the molecule is COC(=O)C1=C(C)N(Cc2ccccn2)C(=O)NC1c1ccsc1. The maximum absolute atomic E-state index is 12.6. The summed E-state index contributed by atoms with van der Waals surface area (Å²) in [6, 6.07) is 6.63. The van der Waals surface area contributed by atoms with E-state index < -0.39 is 12.0 Å². The number of thiophene rings is 1. The highest BCUT2D eigenvalue weighted by atomic mass is 32.1. The fourth-order valence-electron chi connectivity index (χ4n) is 2.69. The fourth-order valence-corrected chi connectivity index (χ4v) is 3.38. The quantitative estimate of drug-likeness (QED) is 0.867. The van der Waals surface area contributed by atoms with Crippen LogP contribution in [-0.2, 0) is 16.1 Å². The number of allylic oxidation sites excluding steroid dienone is 1. The molecule has 1 unspecified atom stereocenters. The number of aromatic nitrogens is 1. The smallest absolute Gasteiger partial charge is 0.337 e. The molecule has 0 fully saturated rings. The normalized spacial score (nSPS) is 17.7. The van der Waals surface area contributed by atoms with E-state index >= 15 is 0 Å². The molecule has 6 nitrogen and oxygen atoms in total. The molecule has 0 spiro atoms. The van der Waals surface area contributed by atoms with Crippen molar-refractivity contribution in [1.29, 1.82) is 0 Å². The van der Waals surface area contributed by atoms with Crippen LogP contribution in [0.15, 0.2) is 52.5 Å². The number of ether oxygens (including phenoxy) is 1. The van der Waals surface area contributed by atoms with E-state index in [4.69, 9.17) is 4.74 Å². The van der Waals surface area contributed by atoms with Crippen molar-refractivity contribution < 1.29 is 14.3 Å². The molecule has 2 aromatic rings. The average molecular weight is 343 g/mol. The summed E-state index contributed by atoms with van der Waals surface area (Å²) in [6.45, 7) is 2.04. The second kappa shape index (κ2) is 6.84. The van der Waals surface area contributed by atoms with Gasteiger partial charge in [-0.1, -0.05) is 6.07 Å². The van der Waals surface area contributed by atoms with E-state index in [1.165, 1.54) is 23.3 Å². The van der Waals surface area contributed by atoms with Gasteiger partial charge in [-0.15, -0.1) is 0 Å². The number of carbonyl (C=O) groups excluding carboxylic acids is 2. The largest absolute Gasteiger partial charge is 0.466 e. The van der Waals surface area contributed by atoms with Gasteiger partial charge in [0.25, 0.3) is 0 Å². The van der Waals surface area contributed by atoms with Gasteiger partial charge >= 0.3 is 12.0 Å². The topological polar surface area (TPSA) is 71.5 Å². The van der Waals surface area contributed by atoms with Crippen LogP contribution in [0.3, 0.4) is 0 Å². The van der Waals surface area contributed by atoms with Gasteiger partial charge in [-0.05, 0) is 41.4 Å². The summed E-state index contributed by atoms with van der Waals surface area (Å²) in [5.41, 5.74) is 2.62. The van der Waals surface area contributed by atoms with Crippen molar-refractivity contribution in [3.63, 3.8) is 0 Å². The number of carbonyl (C=O) groups is 2. The van der Waals surface area contributed by atoms with Crippen molar-refractivity contribution in [2.24, 2.45) is 0 Å². The van der Waals surface area contributed by atoms with Crippen molar-refractivity contribution in [2.75, 3.05) is 7.11 Å². The van der Waals surface area contributed by atoms with E-state index in [9.17, 15) is 9.59 Å². The highest BCUT2D eigenvalue weighted by Crippen LogP contribution is 2.32. The van der Waals surface area contributed by atoms with Crippen molar-refractivity contribution in [1.82, 2.24) is 15.2 Å². The van der Waals surface area contributed by atoms with Crippen molar-refractivity contribution >= 4 is 23.3 Å². The molecule has 124 valence electrons. The number of esters is 1. The van der Waals surface area contributed by atoms with E-state index in [1.807, 2.05) is 35.0 Å². The standard InChI is InChI=1S/C17H17N3O3S/c1-11-14(16(21)23-2)15(12-6-8-24-10-12)19-17(22)20(11)9-13-5-3-4-7-18-13/h3-8,10,15H,9H2,1-2H3,(H,19,22). The molecule has 0 aliphatic carbocycles. The summed E-state index contributed by atoms with van der Waals surface area (Å²) in [5, 5.41) is 6.71. The van der Waals surface area contributed by atoms with Crippen LogP contribution in [0.25, 0.3) is 0 Å². The van der Waals surface area contributed by atoms with Gasteiger partial charge in [-0.25, -0.2) is 9.59 Å². The molecule has 0 saturated carbocycles. The summed E-state index contributed by atoms with van der Waals surface area (Å²) in [5.74, 6) is -0.449. The van der Waals surface area contributed by atoms with Gasteiger partial charge in [0.15, 0.2) is 0 Å². The minimum Gasteiger partial charge on any atom is -0.466 e. The zero-order chi connectivity index (χ0) is 17.1. The van der Waals surface area contributed by atoms with E-state index in [0.29, 0.717) is 11.3 Å². The first-order chi connectivity index (χ1) is 11.6. The first-order valence-corrected chi connectivity index (χ1v) is 8.35. The second-order valence-corrected chi connectivity index (χ2v) is 6.12. The minimum absolute atomic E-state index is 0.262. The molecule has 3 rings (SSSR count). The lowest BCUT2D eigenvalue weighted by Gasteiger charge is -2.34. The van der Waals surface area contributed by atoms with Crippen LogP contribution in [0.1, 0.15) is 24.2 Å². The molecular formula is C17H17N3O3S. The molecule has 1 N–H and O–H groups in total. The summed E-state index contributed by atoms with van der Waals surface area (Å²) >= 11 is 1.51. The number of nitrogens with zero attached hydrogens (tertiary/aromatic N) is 2. The summed E-state index contributed by atoms with van der Waals surface area (Å²) in [7, 11) is 1.34. The number of nitrogens with one attached hydrogen (secondary N) is 1. The first-order valence-electron chi connectivity index (χ1n) is 7.41. The second-order valence-electron chi connectivity index (χ2n) is 5.34. The summed E-state index contributed by atoms with van der Waals surface area (Å²) < 4.78 is 4.94. The maximum Gasteiger partial charge on any atom is 0.337 e. The van der Waals surface area contributed by atoms with Crippen LogP contribution >= 0.6 is 11.3 Å².